The number of hydrogen-bond acceptors (Lipinski definition) is 5. The summed E-state index contributed by atoms with van der Waals surface area (Å²) in [6, 6.07) is 1.68. The summed E-state index contributed by atoms with van der Waals surface area (Å²) in [6.07, 6.45) is 1.67. The van der Waals surface area contributed by atoms with E-state index in [9.17, 15) is 9.59 Å². The highest BCUT2D eigenvalue weighted by Gasteiger charge is 2.07. The minimum absolute atomic E-state index is 0.236. The Kier molecular flexibility index (Phi) is 8.19. The number of rotatable bonds is 6. The van der Waals surface area contributed by atoms with Gasteiger partial charge in [0.15, 0.2) is 0 Å². The van der Waals surface area contributed by atoms with Gasteiger partial charge in [-0.05, 0) is 13.8 Å². The Morgan fingerprint density at radius 3 is 2.53 bits per heavy atom. The van der Waals surface area contributed by atoms with Crippen molar-refractivity contribution in [3.63, 3.8) is 0 Å². The zero-order valence-electron chi connectivity index (χ0n) is 11.1. The standard InChI is InChI=1S/C11H17N5O3/c1-4-16(5-2)8-13-10(17)9(6-12)7-14-15-11(18)19-3/h7-8,14H,4-5H2,1-3H3,(H,15,18). The summed E-state index contributed by atoms with van der Waals surface area (Å²) in [5, 5.41) is 8.79. The largest absolute Gasteiger partial charge is 0.452 e. The average Bonchev–Trinajstić information content (AvgIpc) is 2.44. The van der Waals surface area contributed by atoms with Crippen LogP contribution in [0.15, 0.2) is 16.8 Å². The van der Waals surface area contributed by atoms with E-state index in [1.54, 1.807) is 11.0 Å². The van der Waals surface area contributed by atoms with Gasteiger partial charge in [-0.2, -0.15) is 10.3 Å². The first-order chi connectivity index (χ1) is 9.08. The van der Waals surface area contributed by atoms with E-state index in [0.717, 1.165) is 6.20 Å². The Morgan fingerprint density at radius 1 is 1.42 bits per heavy atom. The fourth-order valence-electron chi connectivity index (χ4n) is 0.951. The van der Waals surface area contributed by atoms with Gasteiger partial charge in [-0.1, -0.05) is 0 Å². The molecule has 0 heterocycles. The van der Waals surface area contributed by atoms with Crippen molar-refractivity contribution in [1.82, 2.24) is 15.8 Å². The molecule has 8 nitrogen and oxygen atoms in total. The van der Waals surface area contributed by atoms with Crippen LogP contribution in [0.4, 0.5) is 4.79 Å². The number of ether oxygens (including phenoxy) is 1. The molecule has 0 aromatic carbocycles. The molecule has 104 valence electrons. The topological polar surface area (TPSA) is 107 Å². The summed E-state index contributed by atoms with van der Waals surface area (Å²) in [6.45, 7) is 5.26. The second kappa shape index (κ2) is 9.47. The van der Waals surface area contributed by atoms with Crippen LogP contribution in [0.1, 0.15) is 13.8 Å². The molecule has 0 saturated carbocycles. The first-order valence-corrected chi connectivity index (χ1v) is 5.61. The van der Waals surface area contributed by atoms with E-state index in [0.29, 0.717) is 13.1 Å². The van der Waals surface area contributed by atoms with Crippen LogP contribution < -0.4 is 10.9 Å². The van der Waals surface area contributed by atoms with Crippen molar-refractivity contribution in [3.05, 3.63) is 11.8 Å². The summed E-state index contributed by atoms with van der Waals surface area (Å²) >= 11 is 0. The third-order valence-electron chi connectivity index (χ3n) is 2.08. The number of nitrogens with one attached hydrogen (secondary N) is 2. The van der Waals surface area contributed by atoms with E-state index in [2.05, 4.69) is 20.6 Å². The van der Waals surface area contributed by atoms with Gasteiger partial charge in [0.2, 0.25) is 0 Å². The summed E-state index contributed by atoms with van der Waals surface area (Å²) in [7, 11) is 1.19. The highest BCUT2D eigenvalue weighted by Crippen LogP contribution is 1.94. The van der Waals surface area contributed by atoms with Gasteiger partial charge in [-0.3, -0.25) is 4.79 Å². The Balaban J connectivity index is 4.52. The van der Waals surface area contributed by atoms with Gasteiger partial charge in [0.05, 0.1) is 13.4 Å². The summed E-state index contributed by atoms with van der Waals surface area (Å²) in [5.74, 6) is -0.700. The molecular formula is C11H17N5O3. The van der Waals surface area contributed by atoms with Gasteiger partial charge in [0.1, 0.15) is 11.6 Å². The molecule has 0 aliphatic heterocycles. The Hall–Kier alpha value is -2.56. The monoisotopic (exact) mass is 267 g/mol. The third-order valence-corrected chi connectivity index (χ3v) is 2.08. The minimum atomic E-state index is -0.743. The number of nitrogens with zero attached hydrogens (tertiary/aromatic N) is 3. The van der Waals surface area contributed by atoms with Gasteiger partial charge in [0, 0.05) is 19.3 Å². The zero-order valence-corrected chi connectivity index (χ0v) is 11.1. The van der Waals surface area contributed by atoms with Gasteiger partial charge in [0.25, 0.3) is 5.91 Å². The van der Waals surface area contributed by atoms with Gasteiger partial charge < -0.3 is 15.1 Å². The van der Waals surface area contributed by atoms with E-state index in [-0.39, 0.29) is 5.57 Å². The van der Waals surface area contributed by atoms with Crippen LogP contribution in [-0.4, -0.2) is 43.4 Å². The first kappa shape index (κ1) is 16.4. The van der Waals surface area contributed by atoms with Crippen molar-refractivity contribution in [2.75, 3.05) is 20.2 Å². The van der Waals surface area contributed by atoms with Crippen molar-refractivity contribution in [1.29, 1.82) is 5.26 Å². The Morgan fingerprint density at radius 2 is 2.05 bits per heavy atom. The highest BCUT2D eigenvalue weighted by molar-refractivity contribution is 6.01. The van der Waals surface area contributed by atoms with E-state index in [4.69, 9.17) is 5.26 Å². The molecule has 0 radical (unpaired) electrons. The predicted molar refractivity (Wildman–Crippen MR) is 68.8 cm³/mol. The van der Waals surface area contributed by atoms with Crippen LogP contribution in [0.25, 0.3) is 0 Å². The molecule has 0 atom stereocenters. The third kappa shape index (κ3) is 6.68. The van der Waals surface area contributed by atoms with Gasteiger partial charge >= 0.3 is 6.09 Å². The molecule has 0 aromatic heterocycles. The first-order valence-electron chi connectivity index (χ1n) is 5.61. The number of hydrazine groups is 1. The maximum Gasteiger partial charge on any atom is 0.425 e. The maximum atomic E-state index is 11.6. The van der Waals surface area contributed by atoms with Crippen molar-refractivity contribution in [2.45, 2.75) is 13.8 Å². The molecular weight excluding hydrogens is 250 g/mol. The Bertz CT molecular complexity index is 407. The van der Waals surface area contributed by atoms with E-state index in [1.165, 1.54) is 13.4 Å². The molecule has 0 fully saturated rings. The van der Waals surface area contributed by atoms with Crippen molar-refractivity contribution in [2.24, 2.45) is 4.99 Å². The molecule has 0 spiro atoms. The lowest BCUT2D eigenvalue weighted by Crippen LogP contribution is -2.33. The molecule has 0 aromatic rings. The van der Waals surface area contributed by atoms with E-state index >= 15 is 0 Å². The number of carbonyl (C=O) groups is 2. The Labute approximate surface area is 111 Å². The molecule has 0 aliphatic carbocycles. The normalized spacial score (nSPS) is 10.7. The molecule has 0 bridgehead atoms. The van der Waals surface area contributed by atoms with Crippen LogP contribution in [0.5, 0.6) is 0 Å². The molecule has 8 heteroatoms. The van der Waals surface area contributed by atoms with E-state index < -0.39 is 12.0 Å². The second-order valence-electron chi connectivity index (χ2n) is 3.20. The zero-order chi connectivity index (χ0) is 14.7. The van der Waals surface area contributed by atoms with E-state index in [1.807, 2.05) is 13.8 Å². The second-order valence-corrected chi connectivity index (χ2v) is 3.20. The highest BCUT2D eigenvalue weighted by atomic mass is 16.5. The number of nitriles is 1. The van der Waals surface area contributed by atoms with Gasteiger partial charge in [-0.15, -0.1) is 0 Å². The predicted octanol–water partition coefficient (Wildman–Crippen LogP) is 0.151. The number of aliphatic imine (C=N–C) groups is 1. The van der Waals surface area contributed by atoms with Gasteiger partial charge in [-0.25, -0.2) is 10.2 Å². The molecule has 2 N–H and O–H groups in total. The SMILES string of the molecule is CCN(C=NC(=O)C(C#N)=CNNC(=O)OC)CC. The van der Waals surface area contributed by atoms with Crippen LogP contribution in [0, 0.1) is 11.3 Å². The number of carbonyl (C=O) groups excluding carboxylic acids is 2. The lowest BCUT2D eigenvalue weighted by atomic mass is 10.3. The molecule has 0 aliphatic rings. The summed E-state index contributed by atoms with van der Waals surface area (Å²) in [5.41, 5.74) is 4.12. The number of methoxy groups -OCH3 is 1. The van der Waals surface area contributed by atoms with Crippen LogP contribution in [0.2, 0.25) is 0 Å². The number of hydrogen-bond donors (Lipinski definition) is 2. The molecule has 0 unspecified atom stereocenters. The lowest BCUT2D eigenvalue weighted by Gasteiger charge is -2.12. The fraction of sp³-hybridized carbons (Fsp3) is 0.455. The minimum Gasteiger partial charge on any atom is -0.452 e. The van der Waals surface area contributed by atoms with Crippen molar-refractivity contribution >= 4 is 18.3 Å². The summed E-state index contributed by atoms with van der Waals surface area (Å²) in [4.78, 5) is 27.7. The molecule has 0 saturated heterocycles. The molecule has 2 amide bonds. The smallest absolute Gasteiger partial charge is 0.425 e. The van der Waals surface area contributed by atoms with Crippen LogP contribution in [0.3, 0.4) is 0 Å². The fourth-order valence-corrected chi connectivity index (χ4v) is 0.951. The quantitative estimate of drug-likeness (QED) is 0.233. The van der Waals surface area contributed by atoms with Crippen molar-refractivity contribution in [3.8, 4) is 6.07 Å². The van der Waals surface area contributed by atoms with Crippen LogP contribution >= 0.6 is 0 Å². The maximum absolute atomic E-state index is 11.6. The molecule has 19 heavy (non-hydrogen) atoms. The average molecular weight is 267 g/mol. The van der Waals surface area contributed by atoms with Crippen LogP contribution in [-0.2, 0) is 9.53 Å². The van der Waals surface area contributed by atoms with Crippen molar-refractivity contribution < 1.29 is 14.3 Å². The number of amides is 2. The summed E-state index contributed by atoms with van der Waals surface area (Å²) < 4.78 is 4.29. The molecule has 0 rings (SSSR count). The lowest BCUT2D eigenvalue weighted by molar-refractivity contribution is -0.114.